The molecule has 4 heterocycles. The van der Waals surface area contributed by atoms with Crippen LogP contribution in [0.3, 0.4) is 0 Å². The molecule has 4 aromatic rings. The van der Waals surface area contributed by atoms with Gasteiger partial charge >= 0.3 is 0 Å². The van der Waals surface area contributed by atoms with E-state index in [0.717, 1.165) is 28.0 Å². The molecule has 4 aromatic heterocycles. The Bertz CT molecular complexity index is 997. The first kappa shape index (κ1) is 15.6. The van der Waals surface area contributed by atoms with Crippen LogP contribution in [0.5, 0.6) is 0 Å². The molecule has 0 spiro atoms. The molecule has 0 amide bonds. The highest BCUT2D eigenvalue weighted by Gasteiger charge is 2.14. The molecule has 1 unspecified atom stereocenters. The molecule has 25 heavy (non-hydrogen) atoms. The van der Waals surface area contributed by atoms with Crippen molar-refractivity contribution in [3.8, 4) is 11.3 Å². The fourth-order valence-corrected chi connectivity index (χ4v) is 3.05. The average molecular weight is 331 g/mol. The Morgan fingerprint density at radius 3 is 2.56 bits per heavy atom. The van der Waals surface area contributed by atoms with E-state index in [1.807, 2.05) is 47.5 Å². The van der Waals surface area contributed by atoms with Crippen molar-refractivity contribution in [2.24, 2.45) is 0 Å². The van der Waals surface area contributed by atoms with Gasteiger partial charge in [0.25, 0.3) is 0 Å². The second kappa shape index (κ2) is 6.16. The third-order valence-electron chi connectivity index (χ3n) is 4.53. The topological polar surface area (TPSA) is 48.5 Å². The van der Waals surface area contributed by atoms with Gasteiger partial charge in [0.1, 0.15) is 0 Å². The third kappa shape index (κ3) is 2.82. The number of aromatic nitrogens is 5. The number of rotatable bonds is 4. The highest BCUT2D eigenvalue weighted by atomic mass is 15.3. The Kier molecular flexibility index (Phi) is 3.84. The smallest absolute Gasteiger partial charge is 0.0939 e. The molecular weight excluding hydrogens is 310 g/mol. The minimum atomic E-state index is 0.143. The summed E-state index contributed by atoms with van der Waals surface area (Å²) in [7, 11) is 0. The Labute approximate surface area is 147 Å². The highest BCUT2D eigenvalue weighted by Crippen LogP contribution is 2.26. The lowest BCUT2D eigenvalue weighted by Crippen LogP contribution is -2.07. The minimum absolute atomic E-state index is 0.143. The third-order valence-corrected chi connectivity index (χ3v) is 4.53. The SMILES string of the molecule is CC(C)n1ccc(-c2cnc3ccn(C(C)c4ccccn4)c3c2)n1. The van der Waals surface area contributed by atoms with E-state index in [-0.39, 0.29) is 6.04 Å². The molecule has 0 aliphatic rings. The first-order valence-electron chi connectivity index (χ1n) is 8.56. The molecule has 0 aromatic carbocycles. The monoisotopic (exact) mass is 331 g/mol. The molecule has 1 atom stereocenters. The summed E-state index contributed by atoms with van der Waals surface area (Å²) < 4.78 is 4.18. The molecule has 5 nitrogen and oxygen atoms in total. The molecular formula is C20H21N5. The van der Waals surface area contributed by atoms with Crippen molar-refractivity contribution in [3.05, 3.63) is 66.9 Å². The van der Waals surface area contributed by atoms with Gasteiger partial charge < -0.3 is 4.57 Å². The van der Waals surface area contributed by atoms with Crippen molar-refractivity contribution >= 4 is 11.0 Å². The first-order chi connectivity index (χ1) is 12.1. The molecule has 0 fully saturated rings. The van der Waals surface area contributed by atoms with Crippen molar-refractivity contribution < 1.29 is 0 Å². The minimum Gasteiger partial charge on any atom is -0.337 e. The molecule has 4 rings (SSSR count). The highest BCUT2D eigenvalue weighted by molar-refractivity contribution is 5.80. The van der Waals surface area contributed by atoms with Crippen LogP contribution in [0.4, 0.5) is 0 Å². The number of pyridine rings is 2. The molecule has 0 saturated heterocycles. The Hall–Kier alpha value is -2.95. The van der Waals surface area contributed by atoms with Gasteiger partial charge in [0.2, 0.25) is 0 Å². The molecule has 126 valence electrons. The van der Waals surface area contributed by atoms with Gasteiger partial charge in [-0.3, -0.25) is 14.6 Å². The van der Waals surface area contributed by atoms with E-state index in [2.05, 4.69) is 58.7 Å². The van der Waals surface area contributed by atoms with Crippen molar-refractivity contribution in [1.82, 2.24) is 24.3 Å². The van der Waals surface area contributed by atoms with Crippen molar-refractivity contribution in [2.45, 2.75) is 32.9 Å². The van der Waals surface area contributed by atoms with Gasteiger partial charge in [0, 0.05) is 36.4 Å². The number of hydrogen-bond donors (Lipinski definition) is 0. The quantitative estimate of drug-likeness (QED) is 0.554. The maximum Gasteiger partial charge on any atom is 0.0939 e. The molecule has 0 aliphatic heterocycles. The predicted octanol–water partition coefficient (Wildman–Crippen LogP) is 4.49. The normalized spacial score (nSPS) is 12.8. The summed E-state index contributed by atoms with van der Waals surface area (Å²) in [6.07, 6.45) is 7.82. The summed E-state index contributed by atoms with van der Waals surface area (Å²) in [6, 6.07) is 12.8. The molecule has 0 radical (unpaired) electrons. The summed E-state index contributed by atoms with van der Waals surface area (Å²) in [5, 5.41) is 4.66. The van der Waals surface area contributed by atoms with Gasteiger partial charge in [-0.25, -0.2) is 0 Å². The van der Waals surface area contributed by atoms with Crippen LogP contribution >= 0.6 is 0 Å². The second-order valence-corrected chi connectivity index (χ2v) is 6.56. The fraction of sp³-hybridized carbons (Fsp3) is 0.250. The fourth-order valence-electron chi connectivity index (χ4n) is 3.05. The Balaban J connectivity index is 1.77. The van der Waals surface area contributed by atoms with E-state index < -0.39 is 0 Å². The van der Waals surface area contributed by atoms with E-state index in [9.17, 15) is 0 Å². The van der Waals surface area contributed by atoms with Gasteiger partial charge in [-0.1, -0.05) is 6.07 Å². The zero-order valence-electron chi connectivity index (χ0n) is 14.7. The van der Waals surface area contributed by atoms with Crippen LogP contribution in [0, 0.1) is 0 Å². The van der Waals surface area contributed by atoms with Crippen LogP contribution in [0.1, 0.15) is 38.5 Å². The van der Waals surface area contributed by atoms with Gasteiger partial charge in [-0.2, -0.15) is 5.10 Å². The van der Waals surface area contributed by atoms with Crippen molar-refractivity contribution in [1.29, 1.82) is 0 Å². The second-order valence-electron chi connectivity index (χ2n) is 6.56. The van der Waals surface area contributed by atoms with Crippen LogP contribution < -0.4 is 0 Å². The van der Waals surface area contributed by atoms with Crippen LogP contribution in [-0.4, -0.2) is 24.3 Å². The van der Waals surface area contributed by atoms with Crippen molar-refractivity contribution in [2.75, 3.05) is 0 Å². The van der Waals surface area contributed by atoms with E-state index in [0.29, 0.717) is 6.04 Å². The van der Waals surface area contributed by atoms with Crippen LogP contribution in [0.25, 0.3) is 22.3 Å². The molecule has 0 aliphatic carbocycles. The van der Waals surface area contributed by atoms with Crippen molar-refractivity contribution in [3.63, 3.8) is 0 Å². The summed E-state index contributed by atoms with van der Waals surface area (Å²) in [5.74, 6) is 0. The van der Waals surface area contributed by atoms with E-state index in [1.54, 1.807) is 0 Å². The Morgan fingerprint density at radius 2 is 1.84 bits per heavy atom. The zero-order chi connectivity index (χ0) is 17.4. The van der Waals surface area contributed by atoms with Gasteiger partial charge in [-0.05, 0) is 51.1 Å². The van der Waals surface area contributed by atoms with Crippen LogP contribution in [0.15, 0.2) is 61.2 Å². The van der Waals surface area contributed by atoms with Crippen LogP contribution in [-0.2, 0) is 0 Å². The van der Waals surface area contributed by atoms with Gasteiger partial charge in [-0.15, -0.1) is 0 Å². The predicted molar refractivity (Wildman–Crippen MR) is 99.4 cm³/mol. The molecule has 0 bridgehead atoms. The number of fused-ring (bicyclic) bond motifs is 1. The maximum atomic E-state index is 4.66. The average Bonchev–Trinajstić information content (AvgIpc) is 3.28. The molecule has 0 saturated carbocycles. The standard InChI is InChI=1S/C20H21N5/c1-14(2)25-11-8-18(23-25)16-12-20-19(22-13-16)7-10-24(20)15(3)17-6-4-5-9-21-17/h4-15H,1-3H3. The lowest BCUT2D eigenvalue weighted by Gasteiger charge is -2.14. The van der Waals surface area contributed by atoms with E-state index >= 15 is 0 Å². The Morgan fingerprint density at radius 1 is 0.960 bits per heavy atom. The van der Waals surface area contributed by atoms with E-state index in [1.165, 1.54) is 0 Å². The summed E-state index contributed by atoms with van der Waals surface area (Å²) in [5.41, 5.74) is 5.08. The van der Waals surface area contributed by atoms with E-state index in [4.69, 9.17) is 0 Å². The number of hydrogen-bond acceptors (Lipinski definition) is 3. The molecule has 0 N–H and O–H groups in total. The maximum absolute atomic E-state index is 4.66. The lowest BCUT2D eigenvalue weighted by atomic mass is 10.2. The van der Waals surface area contributed by atoms with Gasteiger partial charge in [0.05, 0.1) is 28.5 Å². The van der Waals surface area contributed by atoms with Gasteiger partial charge in [0.15, 0.2) is 0 Å². The zero-order valence-corrected chi connectivity index (χ0v) is 14.7. The summed E-state index contributed by atoms with van der Waals surface area (Å²) in [4.78, 5) is 9.11. The lowest BCUT2D eigenvalue weighted by molar-refractivity contribution is 0.534. The molecule has 5 heteroatoms. The van der Waals surface area contributed by atoms with Crippen LogP contribution in [0.2, 0.25) is 0 Å². The largest absolute Gasteiger partial charge is 0.337 e. The first-order valence-corrected chi connectivity index (χ1v) is 8.56. The number of nitrogens with zero attached hydrogens (tertiary/aromatic N) is 5. The summed E-state index contributed by atoms with van der Waals surface area (Å²) in [6.45, 7) is 6.40. The summed E-state index contributed by atoms with van der Waals surface area (Å²) >= 11 is 0.